The van der Waals surface area contributed by atoms with Crippen molar-refractivity contribution in [3.05, 3.63) is 46.6 Å². The smallest absolute Gasteiger partial charge is 0.226 e. The van der Waals surface area contributed by atoms with E-state index >= 15 is 0 Å². The van der Waals surface area contributed by atoms with Crippen LogP contribution in [-0.4, -0.2) is 16.6 Å². The maximum absolute atomic E-state index is 6.21. The Hall–Kier alpha value is -1.81. The summed E-state index contributed by atoms with van der Waals surface area (Å²) in [6.07, 6.45) is 0.946. The summed E-state index contributed by atoms with van der Waals surface area (Å²) < 4.78 is 5.57. The molecule has 0 saturated carbocycles. The molecule has 1 atom stereocenters. The zero-order chi connectivity index (χ0) is 15.2. The second-order valence-electron chi connectivity index (χ2n) is 4.91. The van der Waals surface area contributed by atoms with Crippen molar-refractivity contribution >= 4 is 17.5 Å². The second-order valence-corrected chi connectivity index (χ2v) is 5.31. The number of hydrogen-bond donors (Lipinski definition) is 1. The van der Waals surface area contributed by atoms with Gasteiger partial charge in [-0.15, -0.1) is 0 Å². The van der Waals surface area contributed by atoms with Gasteiger partial charge in [-0.25, -0.2) is 4.98 Å². The van der Waals surface area contributed by atoms with Crippen LogP contribution in [0.1, 0.15) is 37.6 Å². The minimum absolute atomic E-state index is 0.0134. The Kier molecular flexibility index (Phi) is 5.39. The molecule has 1 aromatic carbocycles. The third-order valence-corrected chi connectivity index (χ3v) is 3.35. The van der Waals surface area contributed by atoms with Crippen LogP contribution in [0.15, 0.2) is 30.3 Å². The van der Waals surface area contributed by atoms with Gasteiger partial charge in [0.25, 0.3) is 0 Å². The fourth-order valence-corrected chi connectivity index (χ4v) is 2.28. The lowest BCUT2D eigenvalue weighted by atomic mass is 10.1. The molecule has 1 unspecified atom stereocenters. The largest absolute Gasteiger partial charge is 0.478 e. The van der Waals surface area contributed by atoms with E-state index < -0.39 is 0 Å². The Morgan fingerprint density at radius 2 is 2.05 bits per heavy atom. The van der Waals surface area contributed by atoms with Gasteiger partial charge in [0.15, 0.2) is 0 Å². The third-order valence-electron chi connectivity index (χ3n) is 3.00. The van der Waals surface area contributed by atoms with Crippen LogP contribution in [0.5, 0.6) is 5.88 Å². The van der Waals surface area contributed by atoms with Crippen LogP contribution in [0.3, 0.4) is 0 Å². The van der Waals surface area contributed by atoms with E-state index in [1.54, 1.807) is 0 Å². The zero-order valence-corrected chi connectivity index (χ0v) is 13.3. The number of nitrogens with one attached hydrogen (secondary N) is 1. The molecule has 1 heterocycles. The summed E-state index contributed by atoms with van der Waals surface area (Å²) in [4.78, 5) is 8.77. The number of aryl methyl sites for hydroxylation is 1. The maximum atomic E-state index is 6.21. The fourth-order valence-electron chi connectivity index (χ4n) is 1.98. The molecule has 1 aromatic heterocycles. The molecule has 2 rings (SSSR count). The molecule has 0 bridgehead atoms. The standard InChI is InChI=1S/C16H20ClN3O/c1-4-9-21-15-10-11(2)18-16(20-15)19-12(3)13-7-5-6-8-14(13)17/h5-8,10,12H,4,9H2,1-3H3,(H,18,19,20). The van der Waals surface area contributed by atoms with Crippen molar-refractivity contribution in [1.29, 1.82) is 0 Å². The Balaban J connectivity index is 2.15. The molecule has 1 N–H and O–H groups in total. The van der Waals surface area contributed by atoms with Gasteiger partial charge in [-0.1, -0.05) is 36.7 Å². The third kappa shape index (κ3) is 4.33. The monoisotopic (exact) mass is 305 g/mol. The van der Waals surface area contributed by atoms with Crippen LogP contribution in [0, 0.1) is 6.92 Å². The second kappa shape index (κ2) is 7.27. The minimum Gasteiger partial charge on any atom is -0.478 e. The zero-order valence-electron chi connectivity index (χ0n) is 12.6. The van der Waals surface area contributed by atoms with E-state index in [4.69, 9.17) is 16.3 Å². The van der Waals surface area contributed by atoms with Gasteiger partial charge in [-0.3, -0.25) is 0 Å². The fraction of sp³-hybridized carbons (Fsp3) is 0.375. The first kappa shape index (κ1) is 15.6. The van der Waals surface area contributed by atoms with Crippen molar-refractivity contribution in [3.8, 4) is 5.88 Å². The number of halogens is 1. The molecule has 2 aromatic rings. The van der Waals surface area contributed by atoms with Crippen molar-refractivity contribution in [3.63, 3.8) is 0 Å². The number of ether oxygens (including phenoxy) is 1. The van der Waals surface area contributed by atoms with Gasteiger partial charge in [-0.05, 0) is 31.9 Å². The predicted molar refractivity (Wildman–Crippen MR) is 86.0 cm³/mol. The van der Waals surface area contributed by atoms with Crippen molar-refractivity contribution < 1.29 is 4.74 Å². The Morgan fingerprint density at radius 1 is 1.29 bits per heavy atom. The van der Waals surface area contributed by atoms with Gasteiger partial charge < -0.3 is 10.1 Å². The van der Waals surface area contributed by atoms with Gasteiger partial charge in [0.05, 0.1) is 12.6 Å². The van der Waals surface area contributed by atoms with Gasteiger partial charge in [0.1, 0.15) is 0 Å². The molecular formula is C16H20ClN3O. The molecule has 21 heavy (non-hydrogen) atoms. The normalized spacial score (nSPS) is 12.0. The lowest BCUT2D eigenvalue weighted by molar-refractivity contribution is 0.305. The summed E-state index contributed by atoms with van der Waals surface area (Å²) in [5, 5.41) is 4.00. The van der Waals surface area contributed by atoms with Crippen LogP contribution in [0.4, 0.5) is 5.95 Å². The molecule has 4 nitrogen and oxygen atoms in total. The average molecular weight is 306 g/mol. The summed E-state index contributed by atoms with van der Waals surface area (Å²) >= 11 is 6.21. The summed E-state index contributed by atoms with van der Waals surface area (Å²) in [6, 6.07) is 9.59. The molecule has 0 aliphatic heterocycles. The highest BCUT2D eigenvalue weighted by Crippen LogP contribution is 2.25. The highest BCUT2D eigenvalue weighted by atomic mass is 35.5. The molecule has 0 fully saturated rings. The highest BCUT2D eigenvalue weighted by Gasteiger charge is 2.11. The van der Waals surface area contributed by atoms with Crippen molar-refractivity contribution in [1.82, 2.24) is 9.97 Å². The van der Waals surface area contributed by atoms with Crippen LogP contribution in [-0.2, 0) is 0 Å². The SMILES string of the molecule is CCCOc1cc(C)nc(NC(C)c2ccccc2Cl)n1. The molecule has 0 spiro atoms. The lowest BCUT2D eigenvalue weighted by Crippen LogP contribution is -2.11. The quantitative estimate of drug-likeness (QED) is 0.859. The topological polar surface area (TPSA) is 47.0 Å². The van der Waals surface area contributed by atoms with Crippen LogP contribution in [0.25, 0.3) is 0 Å². The number of rotatable bonds is 6. The number of benzene rings is 1. The molecule has 0 saturated heterocycles. The Labute approximate surface area is 130 Å². The first-order valence-corrected chi connectivity index (χ1v) is 7.47. The van der Waals surface area contributed by atoms with Gasteiger partial charge >= 0.3 is 0 Å². The molecule has 5 heteroatoms. The summed E-state index contributed by atoms with van der Waals surface area (Å²) in [5.74, 6) is 1.15. The van der Waals surface area contributed by atoms with E-state index in [1.807, 2.05) is 44.2 Å². The van der Waals surface area contributed by atoms with Crippen LogP contribution >= 0.6 is 11.6 Å². The van der Waals surface area contributed by atoms with Gasteiger partial charge in [-0.2, -0.15) is 4.98 Å². The van der Waals surface area contributed by atoms with Crippen molar-refractivity contribution in [2.24, 2.45) is 0 Å². The Morgan fingerprint density at radius 3 is 2.76 bits per heavy atom. The molecular weight excluding hydrogens is 286 g/mol. The predicted octanol–water partition coefficient (Wildman–Crippen LogP) is 4.40. The van der Waals surface area contributed by atoms with Crippen LogP contribution < -0.4 is 10.1 Å². The van der Waals surface area contributed by atoms with Crippen LogP contribution in [0.2, 0.25) is 5.02 Å². The molecule has 0 amide bonds. The first-order valence-electron chi connectivity index (χ1n) is 7.09. The molecule has 0 radical (unpaired) electrons. The Bertz CT molecular complexity index is 604. The number of hydrogen-bond acceptors (Lipinski definition) is 4. The maximum Gasteiger partial charge on any atom is 0.226 e. The van der Waals surface area contributed by atoms with E-state index in [2.05, 4.69) is 22.2 Å². The lowest BCUT2D eigenvalue weighted by Gasteiger charge is -2.16. The van der Waals surface area contributed by atoms with Crippen molar-refractivity contribution in [2.75, 3.05) is 11.9 Å². The van der Waals surface area contributed by atoms with Gasteiger partial charge in [0, 0.05) is 16.8 Å². The van der Waals surface area contributed by atoms with Gasteiger partial charge in [0.2, 0.25) is 11.8 Å². The highest BCUT2D eigenvalue weighted by molar-refractivity contribution is 6.31. The molecule has 112 valence electrons. The van der Waals surface area contributed by atoms with E-state index in [9.17, 15) is 0 Å². The van der Waals surface area contributed by atoms with E-state index in [1.165, 1.54) is 0 Å². The average Bonchev–Trinajstić information content (AvgIpc) is 2.45. The summed E-state index contributed by atoms with van der Waals surface area (Å²) in [6.45, 7) is 6.66. The van der Waals surface area contributed by atoms with E-state index in [-0.39, 0.29) is 6.04 Å². The number of aromatic nitrogens is 2. The van der Waals surface area contributed by atoms with E-state index in [0.29, 0.717) is 18.4 Å². The van der Waals surface area contributed by atoms with E-state index in [0.717, 1.165) is 22.7 Å². The minimum atomic E-state index is 0.0134. The number of nitrogens with zero attached hydrogens (tertiary/aromatic N) is 2. The first-order chi connectivity index (χ1) is 10.1. The van der Waals surface area contributed by atoms with Crippen molar-refractivity contribution in [2.45, 2.75) is 33.2 Å². The molecule has 0 aliphatic rings. The summed E-state index contributed by atoms with van der Waals surface area (Å²) in [5.41, 5.74) is 1.88. The molecule has 0 aliphatic carbocycles. The summed E-state index contributed by atoms with van der Waals surface area (Å²) in [7, 11) is 0. The number of anilines is 1.